The van der Waals surface area contributed by atoms with Crippen LogP contribution in [0.3, 0.4) is 0 Å². The molecule has 0 saturated heterocycles. The largest absolute Gasteiger partial charge is 0.497 e. The number of benzene rings is 2. The van der Waals surface area contributed by atoms with Crippen molar-refractivity contribution in [2.24, 2.45) is 5.10 Å². The van der Waals surface area contributed by atoms with Gasteiger partial charge in [-0.3, -0.25) is 9.78 Å². The molecule has 1 heterocycles. The number of carbonyl (C=O) groups is 1. The molecule has 138 valence electrons. The van der Waals surface area contributed by atoms with Crippen molar-refractivity contribution >= 4 is 23.0 Å². The third-order valence-corrected chi connectivity index (χ3v) is 4.22. The van der Waals surface area contributed by atoms with Crippen LogP contribution in [0.25, 0.3) is 10.9 Å². The maximum Gasteiger partial charge on any atom is 0.273 e. The van der Waals surface area contributed by atoms with Crippen LogP contribution < -0.4 is 14.9 Å². The van der Waals surface area contributed by atoms with E-state index in [0.29, 0.717) is 22.8 Å². The number of aryl methyl sites for hydroxylation is 2. The van der Waals surface area contributed by atoms with Crippen molar-refractivity contribution in [3.63, 3.8) is 0 Å². The van der Waals surface area contributed by atoms with Crippen molar-refractivity contribution < 1.29 is 14.3 Å². The number of fused-ring (bicyclic) bond motifs is 1. The van der Waals surface area contributed by atoms with E-state index in [4.69, 9.17) is 9.47 Å². The number of carbonyl (C=O) groups excluding carboxylic acids is 1. The van der Waals surface area contributed by atoms with Gasteiger partial charge in [-0.2, -0.15) is 5.10 Å². The number of hydrazone groups is 1. The van der Waals surface area contributed by atoms with Crippen molar-refractivity contribution in [1.82, 2.24) is 10.4 Å². The molecule has 1 aromatic heterocycles. The lowest BCUT2D eigenvalue weighted by atomic mass is 10.1. The molecule has 2 aromatic carbocycles. The summed E-state index contributed by atoms with van der Waals surface area (Å²) in [4.78, 5) is 17.0. The number of pyridine rings is 1. The van der Waals surface area contributed by atoms with Gasteiger partial charge in [-0.15, -0.1) is 0 Å². The van der Waals surface area contributed by atoms with E-state index < -0.39 is 0 Å². The van der Waals surface area contributed by atoms with Crippen LogP contribution in [0, 0.1) is 13.8 Å². The third-order valence-electron chi connectivity index (χ3n) is 4.22. The lowest BCUT2D eigenvalue weighted by molar-refractivity contribution is 0.0954. The highest BCUT2D eigenvalue weighted by Gasteiger charge is 2.11. The molecule has 3 aromatic rings. The molecule has 0 aliphatic heterocycles. The molecule has 1 amide bonds. The maximum absolute atomic E-state index is 12.5. The van der Waals surface area contributed by atoms with E-state index in [9.17, 15) is 4.79 Å². The van der Waals surface area contributed by atoms with Crippen molar-refractivity contribution in [3.05, 3.63) is 64.8 Å². The van der Waals surface area contributed by atoms with Gasteiger partial charge >= 0.3 is 0 Å². The molecule has 6 nitrogen and oxygen atoms in total. The van der Waals surface area contributed by atoms with Gasteiger partial charge in [-0.1, -0.05) is 11.6 Å². The molecular weight excluding hydrogens is 342 g/mol. The van der Waals surface area contributed by atoms with Crippen molar-refractivity contribution in [3.8, 4) is 11.5 Å². The molecule has 0 saturated carbocycles. The minimum absolute atomic E-state index is 0.313. The summed E-state index contributed by atoms with van der Waals surface area (Å²) in [7, 11) is 3.15. The molecule has 0 spiro atoms. The zero-order chi connectivity index (χ0) is 19.4. The first-order valence-electron chi connectivity index (χ1n) is 8.45. The van der Waals surface area contributed by atoms with Gasteiger partial charge in [0.25, 0.3) is 5.91 Å². The second-order valence-corrected chi connectivity index (χ2v) is 6.12. The number of amides is 1. The first-order valence-corrected chi connectivity index (χ1v) is 8.45. The number of hydrogen-bond acceptors (Lipinski definition) is 5. The minimum Gasteiger partial charge on any atom is -0.497 e. The van der Waals surface area contributed by atoms with Crippen LogP contribution in [0.4, 0.5) is 0 Å². The number of hydrogen-bond donors (Lipinski definition) is 1. The first kappa shape index (κ1) is 18.4. The number of aromatic nitrogens is 1. The summed E-state index contributed by atoms with van der Waals surface area (Å²) in [6.07, 6.45) is 1.53. The topological polar surface area (TPSA) is 72.8 Å². The normalized spacial score (nSPS) is 11.0. The zero-order valence-corrected chi connectivity index (χ0v) is 15.7. The van der Waals surface area contributed by atoms with Gasteiger partial charge in [0.1, 0.15) is 11.5 Å². The quantitative estimate of drug-likeness (QED) is 0.555. The van der Waals surface area contributed by atoms with E-state index in [1.165, 1.54) is 6.21 Å². The van der Waals surface area contributed by atoms with Gasteiger partial charge in [-0.05, 0) is 44.2 Å². The monoisotopic (exact) mass is 363 g/mol. The minimum atomic E-state index is -0.313. The number of nitrogens with one attached hydrogen (secondary N) is 1. The average Bonchev–Trinajstić information content (AvgIpc) is 2.67. The van der Waals surface area contributed by atoms with Gasteiger partial charge < -0.3 is 9.47 Å². The SMILES string of the molecule is COc1ccc(/C=N\NC(=O)c2cc3cc(C)ccc3nc2C)c(OC)c1. The number of rotatable bonds is 5. The molecular formula is C21H21N3O3. The fourth-order valence-corrected chi connectivity index (χ4v) is 2.77. The van der Waals surface area contributed by atoms with Crippen LogP contribution in [-0.4, -0.2) is 31.3 Å². The van der Waals surface area contributed by atoms with Crippen LogP contribution in [0.2, 0.25) is 0 Å². The molecule has 0 atom stereocenters. The standard InChI is InChI=1S/C21H21N3O3/c1-13-5-8-19-16(9-13)10-18(14(2)23-19)21(25)24-22-12-15-6-7-17(26-3)11-20(15)27-4/h5-12H,1-4H3,(H,24,25)/b22-12-. The van der Waals surface area contributed by atoms with Crippen molar-refractivity contribution in [2.75, 3.05) is 14.2 Å². The molecule has 0 aliphatic rings. The predicted molar refractivity (Wildman–Crippen MR) is 106 cm³/mol. The lowest BCUT2D eigenvalue weighted by Crippen LogP contribution is -2.19. The highest BCUT2D eigenvalue weighted by atomic mass is 16.5. The Morgan fingerprint density at radius 1 is 1.07 bits per heavy atom. The molecule has 1 N–H and O–H groups in total. The summed E-state index contributed by atoms with van der Waals surface area (Å²) in [6, 6.07) is 13.1. The highest BCUT2D eigenvalue weighted by Crippen LogP contribution is 2.23. The fraction of sp³-hybridized carbons (Fsp3) is 0.190. The van der Waals surface area contributed by atoms with Crippen molar-refractivity contribution in [2.45, 2.75) is 13.8 Å². The van der Waals surface area contributed by atoms with Gasteiger partial charge in [0.2, 0.25) is 0 Å². The Hall–Kier alpha value is -3.41. The van der Waals surface area contributed by atoms with Crippen LogP contribution in [0.1, 0.15) is 27.2 Å². The van der Waals surface area contributed by atoms with E-state index in [2.05, 4.69) is 15.5 Å². The molecule has 0 bridgehead atoms. The third kappa shape index (κ3) is 4.06. The maximum atomic E-state index is 12.5. The van der Waals surface area contributed by atoms with E-state index in [1.807, 2.05) is 38.1 Å². The smallest absolute Gasteiger partial charge is 0.273 e. The fourth-order valence-electron chi connectivity index (χ4n) is 2.77. The van der Waals surface area contributed by atoms with E-state index in [-0.39, 0.29) is 5.91 Å². The zero-order valence-electron chi connectivity index (χ0n) is 15.7. The first-order chi connectivity index (χ1) is 13.0. The molecule has 3 rings (SSSR count). The Morgan fingerprint density at radius 3 is 2.63 bits per heavy atom. The molecule has 0 fully saturated rings. The Morgan fingerprint density at radius 2 is 1.89 bits per heavy atom. The summed E-state index contributed by atoms with van der Waals surface area (Å²) in [5.41, 5.74) is 6.40. The number of methoxy groups -OCH3 is 2. The Labute approximate surface area is 157 Å². The van der Waals surface area contributed by atoms with Crippen LogP contribution in [0.15, 0.2) is 47.6 Å². The Balaban J connectivity index is 1.81. The summed E-state index contributed by atoms with van der Waals surface area (Å²) in [5.74, 6) is 0.972. The molecule has 0 aliphatic carbocycles. The van der Waals surface area contributed by atoms with Gasteiger partial charge in [-0.25, -0.2) is 5.43 Å². The Kier molecular flexibility index (Phi) is 5.35. The molecule has 27 heavy (non-hydrogen) atoms. The summed E-state index contributed by atoms with van der Waals surface area (Å²) >= 11 is 0. The second kappa shape index (κ2) is 7.86. The second-order valence-electron chi connectivity index (χ2n) is 6.12. The lowest BCUT2D eigenvalue weighted by Gasteiger charge is -2.08. The number of ether oxygens (including phenoxy) is 2. The number of nitrogens with zero attached hydrogens (tertiary/aromatic N) is 2. The predicted octanol–water partition coefficient (Wildman–Crippen LogP) is 3.63. The van der Waals surface area contributed by atoms with Gasteiger partial charge in [0.15, 0.2) is 0 Å². The van der Waals surface area contributed by atoms with E-state index >= 15 is 0 Å². The van der Waals surface area contributed by atoms with Crippen molar-refractivity contribution in [1.29, 1.82) is 0 Å². The molecule has 0 unspecified atom stereocenters. The molecule has 0 radical (unpaired) electrons. The van der Waals surface area contributed by atoms with Crippen LogP contribution in [-0.2, 0) is 0 Å². The van der Waals surface area contributed by atoms with Crippen LogP contribution in [0.5, 0.6) is 11.5 Å². The van der Waals surface area contributed by atoms with E-state index in [0.717, 1.165) is 22.0 Å². The highest BCUT2D eigenvalue weighted by molar-refractivity contribution is 5.99. The van der Waals surface area contributed by atoms with Crippen LogP contribution >= 0.6 is 0 Å². The summed E-state index contributed by atoms with van der Waals surface area (Å²) in [6.45, 7) is 3.82. The Bertz CT molecular complexity index is 1030. The van der Waals surface area contributed by atoms with E-state index in [1.54, 1.807) is 32.4 Å². The summed E-state index contributed by atoms with van der Waals surface area (Å²) < 4.78 is 10.5. The van der Waals surface area contributed by atoms with Gasteiger partial charge in [0.05, 0.1) is 37.2 Å². The summed E-state index contributed by atoms with van der Waals surface area (Å²) in [5, 5.41) is 4.97. The molecule has 6 heteroatoms. The average molecular weight is 363 g/mol. The van der Waals surface area contributed by atoms with Gasteiger partial charge in [0, 0.05) is 17.0 Å².